The Balaban J connectivity index is 2.19. The predicted octanol–water partition coefficient (Wildman–Crippen LogP) is 4.83. The third kappa shape index (κ3) is 3.89. The number of alkyl halides is 3. The fraction of sp³-hybridized carbons (Fsp3) is 0.133. The van der Waals surface area contributed by atoms with E-state index in [1.807, 2.05) is 6.21 Å². The van der Waals surface area contributed by atoms with Gasteiger partial charge in [-0.25, -0.2) is 22.0 Å². The summed E-state index contributed by atoms with van der Waals surface area (Å²) in [7, 11) is 0. The Labute approximate surface area is 135 Å². The van der Waals surface area contributed by atoms with Crippen LogP contribution in [0.3, 0.4) is 0 Å². The zero-order valence-electron chi connectivity index (χ0n) is 11.9. The molecule has 0 aliphatic carbocycles. The Morgan fingerprint density at radius 1 is 0.840 bits per heavy atom. The van der Waals surface area contributed by atoms with Crippen molar-refractivity contribution in [3.05, 3.63) is 70.0 Å². The Kier molecular flexibility index (Phi) is 5.29. The summed E-state index contributed by atoms with van der Waals surface area (Å²) in [5, 5.41) is 2.95. The van der Waals surface area contributed by atoms with Crippen molar-refractivity contribution in [1.29, 1.82) is 0 Å². The summed E-state index contributed by atoms with van der Waals surface area (Å²) in [6.45, 7) is -1.20. The SMILES string of the molecule is Fc1c(F)c(F)c(CO/N=[C]\c2ccccc2C(F)(F)F)c(F)c1F. The molecule has 0 atom stereocenters. The van der Waals surface area contributed by atoms with Gasteiger partial charge in [0.25, 0.3) is 0 Å². The minimum Gasteiger partial charge on any atom is -0.390 e. The molecule has 0 bridgehead atoms. The van der Waals surface area contributed by atoms with E-state index in [2.05, 4.69) is 9.99 Å². The highest BCUT2D eigenvalue weighted by Crippen LogP contribution is 2.31. The summed E-state index contributed by atoms with van der Waals surface area (Å²) in [5.41, 5.74) is -2.95. The maximum Gasteiger partial charge on any atom is 0.417 e. The van der Waals surface area contributed by atoms with Crippen LogP contribution in [0, 0.1) is 29.1 Å². The van der Waals surface area contributed by atoms with Gasteiger partial charge in [0.1, 0.15) is 12.8 Å². The standard InChI is InChI=1S/C15H6F8NO/c16-10-8(11(17)13(19)14(20)12(10)18)6-25-24-5-7-3-1-2-4-9(7)15(21,22)23/h1-4H,6H2. The van der Waals surface area contributed by atoms with Gasteiger partial charge < -0.3 is 4.84 Å². The lowest BCUT2D eigenvalue weighted by Gasteiger charge is -2.09. The van der Waals surface area contributed by atoms with E-state index < -0.39 is 58.6 Å². The highest BCUT2D eigenvalue weighted by atomic mass is 19.4. The van der Waals surface area contributed by atoms with Gasteiger partial charge in [0.15, 0.2) is 23.3 Å². The summed E-state index contributed by atoms with van der Waals surface area (Å²) in [5.74, 6) is -10.9. The van der Waals surface area contributed by atoms with Crippen molar-refractivity contribution in [3.63, 3.8) is 0 Å². The smallest absolute Gasteiger partial charge is 0.390 e. The van der Waals surface area contributed by atoms with Crippen molar-refractivity contribution >= 4 is 6.21 Å². The van der Waals surface area contributed by atoms with Gasteiger partial charge in [-0.05, 0) is 6.07 Å². The fourth-order valence-electron chi connectivity index (χ4n) is 1.78. The van der Waals surface area contributed by atoms with Gasteiger partial charge >= 0.3 is 6.18 Å². The van der Waals surface area contributed by atoms with Gasteiger partial charge in [-0.15, -0.1) is 0 Å². The lowest BCUT2D eigenvalue weighted by molar-refractivity contribution is -0.137. The summed E-state index contributed by atoms with van der Waals surface area (Å²) in [6, 6.07) is 4.09. The molecule has 0 aliphatic rings. The predicted molar refractivity (Wildman–Crippen MR) is 69.0 cm³/mol. The number of halogens is 8. The monoisotopic (exact) mass is 368 g/mol. The molecular formula is C15H6F8NO. The lowest BCUT2D eigenvalue weighted by atomic mass is 10.1. The molecule has 0 spiro atoms. The number of nitrogens with zero attached hydrogens (tertiary/aromatic N) is 1. The highest BCUT2D eigenvalue weighted by molar-refractivity contribution is 5.81. The van der Waals surface area contributed by atoms with Crippen molar-refractivity contribution in [2.75, 3.05) is 0 Å². The van der Waals surface area contributed by atoms with E-state index in [4.69, 9.17) is 0 Å². The minimum atomic E-state index is -4.71. The molecule has 0 amide bonds. The van der Waals surface area contributed by atoms with Gasteiger partial charge in [-0.2, -0.15) is 13.2 Å². The Bertz CT molecular complexity index is 787. The summed E-state index contributed by atoms with van der Waals surface area (Å²) >= 11 is 0. The first-order chi connectivity index (χ1) is 11.6. The van der Waals surface area contributed by atoms with Crippen LogP contribution >= 0.6 is 0 Å². The van der Waals surface area contributed by atoms with Crippen molar-refractivity contribution in [2.24, 2.45) is 5.16 Å². The molecule has 2 nitrogen and oxygen atoms in total. The fourth-order valence-corrected chi connectivity index (χ4v) is 1.78. The van der Waals surface area contributed by atoms with Crippen molar-refractivity contribution in [3.8, 4) is 0 Å². The Hall–Kier alpha value is -2.65. The number of rotatable bonds is 4. The number of hydrogen-bond donors (Lipinski definition) is 0. The number of benzene rings is 2. The van der Waals surface area contributed by atoms with E-state index >= 15 is 0 Å². The molecular weight excluding hydrogens is 362 g/mol. The second-order valence-corrected chi connectivity index (χ2v) is 4.57. The highest BCUT2D eigenvalue weighted by Gasteiger charge is 2.32. The summed E-state index contributed by atoms with van der Waals surface area (Å²) < 4.78 is 104. The molecule has 0 aliphatic heterocycles. The van der Waals surface area contributed by atoms with Gasteiger partial charge in [0.2, 0.25) is 5.82 Å². The molecule has 0 saturated carbocycles. The molecule has 0 unspecified atom stereocenters. The zero-order chi connectivity index (χ0) is 18.8. The van der Waals surface area contributed by atoms with Crippen LogP contribution < -0.4 is 0 Å². The molecule has 2 aromatic rings. The zero-order valence-corrected chi connectivity index (χ0v) is 11.9. The first-order valence-corrected chi connectivity index (χ1v) is 6.39. The molecule has 133 valence electrons. The first-order valence-electron chi connectivity index (χ1n) is 6.39. The third-order valence-corrected chi connectivity index (χ3v) is 2.97. The van der Waals surface area contributed by atoms with Crippen LogP contribution in [-0.4, -0.2) is 6.21 Å². The third-order valence-electron chi connectivity index (χ3n) is 2.97. The second-order valence-electron chi connectivity index (χ2n) is 4.57. The van der Waals surface area contributed by atoms with Crippen LogP contribution in [-0.2, 0) is 17.6 Å². The molecule has 10 heteroatoms. The van der Waals surface area contributed by atoms with E-state index in [1.54, 1.807) is 0 Å². The molecule has 0 saturated heterocycles. The van der Waals surface area contributed by atoms with E-state index in [-0.39, 0.29) is 0 Å². The average molecular weight is 368 g/mol. The van der Waals surface area contributed by atoms with Crippen LogP contribution in [0.25, 0.3) is 0 Å². The quantitative estimate of drug-likeness (QED) is 0.249. The maximum atomic E-state index is 13.4. The average Bonchev–Trinajstić information content (AvgIpc) is 2.57. The van der Waals surface area contributed by atoms with Gasteiger partial charge in [-0.1, -0.05) is 23.4 Å². The molecule has 0 N–H and O–H groups in total. The Morgan fingerprint density at radius 2 is 1.36 bits per heavy atom. The van der Waals surface area contributed by atoms with Crippen LogP contribution in [0.2, 0.25) is 0 Å². The maximum absolute atomic E-state index is 13.4. The van der Waals surface area contributed by atoms with Gasteiger partial charge in [0, 0.05) is 5.56 Å². The minimum absolute atomic E-state index is 0.535. The Morgan fingerprint density at radius 3 is 1.92 bits per heavy atom. The molecule has 0 fully saturated rings. The molecule has 1 radical (unpaired) electrons. The normalized spacial score (nSPS) is 12.0. The van der Waals surface area contributed by atoms with E-state index in [1.165, 1.54) is 6.07 Å². The molecule has 25 heavy (non-hydrogen) atoms. The second kappa shape index (κ2) is 7.08. The van der Waals surface area contributed by atoms with Crippen molar-refractivity contribution < 1.29 is 40.0 Å². The van der Waals surface area contributed by atoms with Crippen LogP contribution in [0.15, 0.2) is 29.4 Å². The number of hydrogen-bond acceptors (Lipinski definition) is 2. The van der Waals surface area contributed by atoms with E-state index in [0.717, 1.165) is 18.2 Å². The summed E-state index contributed by atoms with van der Waals surface area (Å²) in [6.07, 6.45) is -2.86. The lowest BCUT2D eigenvalue weighted by Crippen LogP contribution is -2.09. The van der Waals surface area contributed by atoms with E-state index in [0.29, 0.717) is 0 Å². The van der Waals surface area contributed by atoms with Crippen LogP contribution in [0.4, 0.5) is 35.1 Å². The molecule has 2 aromatic carbocycles. The van der Waals surface area contributed by atoms with Gasteiger partial charge in [0.05, 0.1) is 11.1 Å². The topological polar surface area (TPSA) is 21.6 Å². The van der Waals surface area contributed by atoms with Gasteiger partial charge in [-0.3, -0.25) is 0 Å². The van der Waals surface area contributed by atoms with Crippen molar-refractivity contribution in [1.82, 2.24) is 0 Å². The molecule has 0 aromatic heterocycles. The van der Waals surface area contributed by atoms with Crippen LogP contribution in [0.5, 0.6) is 0 Å². The summed E-state index contributed by atoms with van der Waals surface area (Å²) in [4.78, 5) is 4.31. The molecule has 2 rings (SSSR count). The first kappa shape index (κ1) is 18.7. The van der Waals surface area contributed by atoms with Crippen LogP contribution in [0.1, 0.15) is 16.7 Å². The largest absolute Gasteiger partial charge is 0.417 e. The molecule has 0 heterocycles. The van der Waals surface area contributed by atoms with Crippen molar-refractivity contribution in [2.45, 2.75) is 12.8 Å². The van der Waals surface area contributed by atoms with E-state index in [9.17, 15) is 35.1 Å².